The van der Waals surface area contributed by atoms with Gasteiger partial charge in [-0.1, -0.05) is 71.6 Å². The van der Waals surface area contributed by atoms with Crippen LogP contribution in [0.3, 0.4) is 0 Å². The lowest BCUT2D eigenvalue weighted by atomic mass is 10.1. The van der Waals surface area contributed by atoms with Crippen LogP contribution in [0, 0.1) is 0 Å². The highest BCUT2D eigenvalue weighted by Crippen LogP contribution is 2.09. The number of hydroxylamine groups is 1. The summed E-state index contributed by atoms with van der Waals surface area (Å²) >= 11 is 0. The second kappa shape index (κ2) is 14.8. The van der Waals surface area contributed by atoms with E-state index in [-0.39, 0.29) is 5.91 Å². The molecule has 0 aromatic rings. The Labute approximate surface area is 135 Å². The predicted octanol–water partition coefficient (Wildman–Crippen LogP) is 3.70. The number of carbonyl (C=O) groups is 2. The summed E-state index contributed by atoms with van der Waals surface area (Å²) in [6, 6.07) is -0.617. The van der Waals surface area contributed by atoms with E-state index in [1.54, 1.807) is 5.48 Å². The summed E-state index contributed by atoms with van der Waals surface area (Å²) in [5.41, 5.74) is 1.64. The Morgan fingerprint density at radius 2 is 1.41 bits per heavy atom. The van der Waals surface area contributed by atoms with E-state index in [0.29, 0.717) is 12.8 Å². The molecule has 22 heavy (non-hydrogen) atoms. The zero-order valence-corrected chi connectivity index (χ0v) is 14.3. The lowest BCUT2D eigenvalue weighted by Crippen LogP contribution is -2.45. The van der Waals surface area contributed by atoms with Crippen LogP contribution < -0.4 is 10.8 Å². The quantitative estimate of drug-likeness (QED) is 0.260. The number of rotatable bonds is 14. The monoisotopic (exact) mass is 314 g/mol. The summed E-state index contributed by atoms with van der Waals surface area (Å²) in [6.07, 6.45) is 12.1. The van der Waals surface area contributed by atoms with E-state index in [1.165, 1.54) is 32.1 Å². The molecular weight excluding hydrogens is 280 g/mol. The average molecular weight is 314 g/mol. The maximum absolute atomic E-state index is 11.9. The van der Waals surface area contributed by atoms with Crippen LogP contribution in [-0.2, 0) is 9.59 Å². The average Bonchev–Trinajstić information content (AvgIpc) is 2.52. The van der Waals surface area contributed by atoms with Gasteiger partial charge in [0.1, 0.15) is 6.04 Å². The highest BCUT2D eigenvalue weighted by molar-refractivity contribution is 5.86. The van der Waals surface area contributed by atoms with Gasteiger partial charge >= 0.3 is 0 Å². The minimum Gasteiger partial charge on any atom is -0.344 e. The van der Waals surface area contributed by atoms with E-state index in [0.717, 1.165) is 32.1 Å². The summed E-state index contributed by atoms with van der Waals surface area (Å²) in [4.78, 5) is 23.4. The Morgan fingerprint density at radius 3 is 2.00 bits per heavy atom. The molecule has 0 aromatic heterocycles. The van der Waals surface area contributed by atoms with Gasteiger partial charge in [-0.05, 0) is 12.8 Å². The molecule has 0 fully saturated rings. The van der Waals surface area contributed by atoms with Crippen LogP contribution >= 0.6 is 0 Å². The van der Waals surface area contributed by atoms with E-state index < -0.39 is 11.9 Å². The molecule has 0 saturated carbocycles. The maximum atomic E-state index is 11.9. The van der Waals surface area contributed by atoms with Gasteiger partial charge in [-0.25, -0.2) is 5.48 Å². The standard InChI is InChI=1S/C17H34N2O3/c1-3-5-7-8-9-10-12-14-16(20)18-15(17(21)19-22)13-11-6-4-2/h15,22H,3-14H2,1-2H3,(H,18,20)(H,19,21). The first-order valence-electron chi connectivity index (χ1n) is 8.89. The van der Waals surface area contributed by atoms with Crippen molar-refractivity contribution in [3.8, 4) is 0 Å². The van der Waals surface area contributed by atoms with Crippen LogP contribution in [0.25, 0.3) is 0 Å². The first-order chi connectivity index (χ1) is 10.7. The van der Waals surface area contributed by atoms with E-state index in [1.807, 2.05) is 0 Å². The normalized spacial score (nSPS) is 12.0. The van der Waals surface area contributed by atoms with Crippen molar-refractivity contribution in [2.75, 3.05) is 0 Å². The second-order valence-corrected chi connectivity index (χ2v) is 5.96. The van der Waals surface area contributed by atoms with Gasteiger partial charge in [0.2, 0.25) is 5.91 Å². The Bertz CT molecular complexity index is 296. The first-order valence-corrected chi connectivity index (χ1v) is 8.89. The van der Waals surface area contributed by atoms with Crippen LogP contribution in [0.5, 0.6) is 0 Å². The van der Waals surface area contributed by atoms with E-state index in [9.17, 15) is 9.59 Å². The SMILES string of the molecule is CCCCCCCCCC(=O)NC(CCCCC)C(=O)NO. The van der Waals surface area contributed by atoms with Gasteiger partial charge in [-0.3, -0.25) is 14.8 Å². The molecule has 0 heterocycles. The van der Waals surface area contributed by atoms with Crippen molar-refractivity contribution in [1.29, 1.82) is 0 Å². The van der Waals surface area contributed by atoms with Gasteiger partial charge in [0.05, 0.1) is 0 Å². The van der Waals surface area contributed by atoms with Crippen molar-refractivity contribution < 1.29 is 14.8 Å². The van der Waals surface area contributed by atoms with Crippen molar-refractivity contribution in [3.05, 3.63) is 0 Å². The molecule has 5 heteroatoms. The van der Waals surface area contributed by atoms with E-state index >= 15 is 0 Å². The molecule has 5 nitrogen and oxygen atoms in total. The summed E-state index contributed by atoms with van der Waals surface area (Å²) in [5, 5.41) is 11.5. The zero-order chi connectivity index (χ0) is 16.6. The molecule has 130 valence electrons. The van der Waals surface area contributed by atoms with Crippen LogP contribution in [0.15, 0.2) is 0 Å². The fourth-order valence-electron chi connectivity index (χ4n) is 2.45. The third-order valence-electron chi connectivity index (χ3n) is 3.87. The summed E-state index contributed by atoms with van der Waals surface area (Å²) in [6.45, 7) is 4.28. The molecule has 1 unspecified atom stereocenters. The lowest BCUT2D eigenvalue weighted by Gasteiger charge is -2.16. The molecule has 0 saturated heterocycles. The molecule has 0 aromatic carbocycles. The first kappa shape index (κ1) is 20.9. The molecule has 3 N–H and O–H groups in total. The Kier molecular flexibility index (Phi) is 14.1. The van der Waals surface area contributed by atoms with E-state index in [4.69, 9.17) is 5.21 Å². The van der Waals surface area contributed by atoms with Crippen molar-refractivity contribution in [2.24, 2.45) is 0 Å². The van der Waals surface area contributed by atoms with E-state index in [2.05, 4.69) is 19.2 Å². The highest BCUT2D eigenvalue weighted by Gasteiger charge is 2.19. The van der Waals surface area contributed by atoms with Crippen LogP contribution in [0.1, 0.15) is 90.9 Å². The van der Waals surface area contributed by atoms with Gasteiger partial charge in [-0.15, -0.1) is 0 Å². The Hall–Kier alpha value is -1.10. The second-order valence-electron chi connectivity index (χ2n) is 5.96. The molecule has 0 radical (unpaired) electrons. The largest absolute Gasteiger partial charge is 0.344 e. The highest BCUT2D eigenvalue weighted by atomic mass is 16.5. The molecule has 0 spiro atoms. The molecular formula is C17H34N2O3. The van der Waals surface area contributed by atoms with Gasteiger partial charge in [0, 0.05) is 6.42 Å². The molecule has 0 aliphatic heterocycles. The van der Waals surface area contributed by atoms with Crippen molar-refractivity contribution >= 4 is 11.8 Å². The van der Waals surface area contributed by atoms with Crippen molar-refractivity contribution in [1.82, 2.24) is 10.8 Å². The number of carbonyl (C=O) groups excluding carboxylic acids is 2. The van der Waals surface area contributed by atoms with Crippen LogP contribution in [0.2, 0.25) is 0 Å². The Morgan fingerprint density at radius 1 is 0.864 bits per heavy atom. The van der Waals surface area contributed by atoms with Gasteiger partial charge in [0.25, 0.3) is 5.91 Å². The number of nitrogens with one attached hydrogen (secondary N) is 2. The van der Waals surface area contributed by atoms with Crippen LogP contribution in [-0.4, -0.2) is 23.1 Å². The fraction of sp³-hybridized carbons (Fsp3) is 0.882. The topological polar surface area (TPSA) is 78.4 Å². The van der Waals surface area contributed by atoms with Gasteiger partial charge < -0.3 is 5.32 Å². The summed E-state index contributed by atoms with van der Waals surface area (Å²) < 4.78 is 0. The predicted molar refractivity (Wildman–Crippen MR) is 88.6 cm³/mol. The van der Waals surface area contributed by atoms with Gasteiger partial charge in [-0.2, -0.15) is 0 Å². The smallest absolute Gasteiger partial charge is 0.265 e. The number of unbranched alkanes of at least 4 members (excludes halogenated alkanes) is 8. The minimum atomic E-state index is -0.617. The molecule has 1 atom stereocenters. The summed E-state index contributed by atoms with van der Waals surface area (Å²) in [5.74, 6) is -0.623. The molecule has 2 amide bonds. The third-order valence-corrected chi connectivity index (χ3v) is 3.87. The fourth-order valence-corrected chi connectivity index (χ4v) is 2.45. The van der Waals surface area contributed by atoms with Crippen molar-refractivity contribution in [2.45, 2.75) is 96.9 Å². The molecule has 0 bridgehead atoms. The number of hydrogen-bond acceptors (Lipinski definition) is 3. The number of amides is 2. The Balaban J connectivity index is 3.84. The molecule has 0 rings (SSSR count). The lowest BCUT2D eigenvalue weighted by molar-refractivity contribution is -0.135. The number of hydrogen-bond donors (Lipinski definition) is 3. The molecule has 0 aliphatic carbocycles. The molecule has 0 aliphatic rings. The van der Waals surface area contributed by atoms with Crippen LogP contribution in [0.4, 0.5) is 0 Å². The third kappa shape index (κ3) is 11.5. The maximum Gasteiger partial charge on any atom is 0.265 e. The van der Waals surface area contributed by atoms with Gasteiger partial charge in [0.15, 0.2) is 0 Å². The zero-order valence-electron chi connectivity index (χ0n) is 14.3. The minimum absolute atomic E-state index is 0.0985. The van der Waals surface area contributed by atoms with Crippen molar-refractivity contribution in [3.63, 3.8) is 0 Å². The summed E-state index contributed by atoms with van der Waals surface area (Å²) in [7, 11) is 0.